The van der Waals surface area contributed by atoms with Crippen molar-refractivity contribution in [3.63, 3.8) is 0 Å². The van der Waals surface area contributed by atoms with Gasteiger partial charge in [-0.05, 0) is 139 Å². The van der Waals surface area contributed by atoms with Crippen molar-refractivity contribution in [3.05, 3.63) is 84.3 Å². The molecule has 6 fully saturated rings. The molecule has 12 rings (SSSR count). The van der Waals surface area contributed by atoms with E-state index >= 15 is 9.18 Å². The predicted molar refractivity (Wildman–Crippen MR) is 286 cm³/mol. The fourth-order valence-corrected chi connectivity index (χ4v) is 13.7. The minimum Gasteiger partial charge on any atom is -0.357 e. The molecule has 18 heteroatoms. The molecule has 398 valence electrons. The van der Waals surface area contributed by atoms with Gasteiger partial charge in [-0.2, -0.15) is 0 Å². The third-order valence-electron chi connectivity index (χ3n) is 18.3. The second-order valence-corrected chi connectivity index (χ2v) is 23.0. The summed E-state index contributed by atoms with van der Waals surface area (Å²) in [5, 5.41) is 5.67. The van der Waals surface area contributed by atoms with Gasteiger partial charge in [-0.15, -0.1) is 0 Å². The van der Waals surface area contributed by atoms with Gasteiger partial charge in [0.25, 0.3) is 0 Å². The lowest BCUT2D eigenvalue weighted by Gasteiger charge is -2.48. The van der Waals surface area contributed by atoms with Crippen LogP contribution >= 0.6 is 0 Å². The Hall–Kier alpha value is -6.82. The Morgan fingerprint density at radius 1 is 0.829 bits per heavy atom. The van der Waals surface area contributed by atoms with Crippen LogP contribution < -0.4 is 20.4 Å². The number of imide groups is 1. The predicted octanol–water partition coefficient (Wildman–Crippen LogP) is 7.64. The number of amides is 5. The highest BCUT2D eigenvalue weighted by Crippen LogP contribution is 2.52. The zero-order valence-corrected chi connectivity index (χ0v) is 43.9. The van der Waals surface area contributed by atoms with Gasteiger partial charge in [0.2, 0.25) is 29.5 Å². The minimum absolute atomic E-state index is 0.0671. The number of hydrogen-bond donors (Lipinski definition) is 2. The van der Waals surface area contributed by atoms with E-state index in [1.165, 1.54) is 25.5 Å². The standard InChI is InChI=1S/C58H69FN12O5/c1-35(2)70-34-62-48-30-47(64-53(52(48)70)63-46-17-21-60-32-45(46)59)37-9-14-44-49(27-37)71(42-28-41(29-42)67-22-5-4-6-23-67)57(76)58(44)19-25-68(26-20-58)56(75)39-18-24-69(33-39)55(74)36-7-11-40(12-8-36)66(3)50-15-10-38(31-61-50)43-13-16-51(72)65-54(43)73/h9-10,14-15,17,21,27,30-32,34-36,39-43H,4-8,11-13,16,18-20,22-26,28-29,33H2,1-3H3,(H,60,63,64)(H,65,72,73)/t36?,39-,40?,41?,42?,43?/m1/s1. The fourth-order valence-electron chi connectivity index (χ4n) is 13.7. The maximum absolute atomic E-state index is 15.3. The van der Waals surface area contributed by atoms with E-state index in [2.05, 4.69) is 61.3 Å². The number of fused-ring (bicyclic) bond motifs is 3. The van der Waals surface area contributed by atoms with Crippen LogP contribution in [0, 0.1) is 17.7 Å². The number of aromatic nitrogens is 5. The lowest BCUT2D eigenvalue weighted by atomic mass is 9.73. The Kier molecular flexibility index (Phi) is 13.3. The highest BCUT2D eigenvalue weighted by molar-refractivity contribution is 6.09. The molecule has 1 unspecified atom stereocenters. The normalized spacial score (nSPS) is 25.8. The van der Waals surface area contributed by atoms with Gasteiger partial charge in [0.15, 0.2) is 11.6 Å². The summed E-state index contributed by atoms with van der Waals surface area (Å²) in [6.45, 7) is 8.29. The number of piperidine rings is 3. The molecule has 4 saturated heterocycles. The lowest BCUT2D eigenvalue weighted by molar-refractivity contribution is -0.140. The maximum Gasteiger partial charge on any atom is 0.238 e. The fraction of sp³-hybridized carbons (Fsp3) is 0.534. The van der Waals surface area contributed by atoms with E-state index in [1.54, 1.807) is 24.8 Å². The first-order chi connectivity index (χ1) is 36.8. The van der Waals surface area contributed by atoms with Crippen molar-refractivity contribution in [2.75, 3.05) is 61.4 Å². The Labute approximate surface area is 443 Å². The summed E-state index contributed by atoms with van der Waals surface area (Å²) in [4.78, 5) is 97.0. The van der Waals surface area contributed by atoms with Crippen LogP contribution in [0.4, 0.5) is 27.4 Å². The Morgan fingerprint density at radius 2 is 1.61 bits per heavy atom. The SMILES string of the molecule is CC(C)n1cnc2cc(-c3ccc4c(c3)N(C3CC(N5CCCCC5)C3)C(=O)C43CCN(C(=O)[C@@H]4CCN(C(=O)C5CCC(N(C)c6ccc(C7CCC(=O)NC7=O)cn6)CC5)C4)CC3)nc(Nc3ccncc3F)c21. The van der Waals surface area contributed by atoms with E-state index < -0.39 is 11.2 Å². The molecule has 2 N–H and O–H groups in total. The number of anilines is 4. The van der Waals surface area contributed by atoms with Gasteiger partial charge in [-0.1, -0.05) is 24.6 Å². The van der Waals surface area contributed by atoms with E-state index in [0.29, 0.717) is 75.8 Å². The smallest absolute Gasteiger partial charge is 0.238 e. The van der Waals surface area contributed by atoms with Crippen LogP contribution in [-0.2, 0) is 29.4 Å². The van der Waals surface area contributed by atoms with Crippen LogP contribution in [0.15, 0.2) is 67.4 Å². The number of carbonyl (C=O) groups excluding carboxylic acids is 5. The number of hydrogen-bond acceptors (Lipinski definition) is 12. The second kappa shape index (κ2) is 20.3. The van der Waals surface area contributed by atoms with Crippen LogP contribution in [-0.4, -0.2) is 133 Å². The van der Waals surface area contributed by atoms with Crippen LogP contribution in [0.25, 0.3) is 22.3 Å². The first kappa shape index (κ1) is 50.0. The largest absolute Gasteiger partial charge is 0.357 e. The average molecular weight is 1030 g/mol. The minimum atomic E-state index is -0.764. The number of benzene rings is 1. The lowest BCUT2D eigenvalue weighted by Crippen LogP contribution is -2.58. The molecule has 5 aliphatic heterocycles. The third kappa shape index (κ3) is 9.06. The Balaban J connectivity index is 0.718. The molecule has 0 radical (unpaired) electrons. The van der Waals surface area contributed by atoms with E-state index in [0.717, 1.165) is 90.8 Å². The van der Waals surface area contributed by atoms with E-state index in [1.807, 2.05) is 45.7 Å². The molecule has 2 saturated carbocycles. The quantitative estimate of drug-likeness (QED) is 0.124. The van der Waals surface area contributed by atoms with Crippen molar-refractivity contribution in [2.24, 2.45) is 11.8 Å². The second-order valence-electron chi connectivity index (χ2n) is 23.0. The number of imidazole rings is 1. The van der Waals surface area contributed by atoms with E-state index in [9.17, 15) is 19.2 Å². The molecule has 76 heavy (non-hydrogen) atoms. The Morgan fingerprint density at radius 3 is 2.33 bits per heavy atom. The zero-order chi connectivity index (χ0) is 52.4. The monoisotopic (exact) mass is 1030 g/mol. The van der Waals surface area contributed by atoms with Crippen LogP contribution in [0.5, 0.6) is 0 Å². The molecule has 1 spiro atoms. The molecule has 2 aliphatic carbocycles. The number of pyridine rings is 3. The molecule has 0 bridgehead atoms. The molecular weight excluding hydrogens is 964 g/mol. The maximum atomic E-state index is 15.3. The molecule has 9 heterocycles. The van der Waals surface area contributed by atoms with Crippen molar-refractivity contribution in [2.45, 2.75) is 139 Å². The van der Waals surface area contributed by atoms with Crippen molar-refractivity contribution < 1.29 is 28.4 Å². The summed E-state index contributed by atoms with van der Waals surface area (Å²) in [6, 6.07) is 14.5. The highest BCUT2D eigenvalue weighted by Gasteiger charge is 2.56. The van der Waals surface area contributed by atoms with Crippen LogP contribution in [0.1, 0.15) is 127 Å². The summed E-state index contributed by atoms with van der Waals surface area (Å²) in [6.07, 6.45) is 17.5. The number of nitrogens with zero attached hydrogens (tertiary/aromatic N) is 10. The number of halogens is 1. The summed E-state index contributed by atoms with van der Waals surface area (Å²) in [7, 11) is 2.03. The molecule has 17 nitrogen and oxygen atoms in total. The highest BCUT2D eigenvalue weighted by atomic mass is 19.1. The Bertz CT molecular complexity index is 3060. The molecule has 5 amide bonds. The summed E-state index contributed by atoms with van der Waals surface area (Å²) < 4.78 is 17.1. The zero-order valence-electron chi connectivity index (χ0n) is 43.9. The van der Waals surface area contributed by atoms with E-state index in [4.69, 9.17) is 9.97 Å². The molecule has 2 atom stereocenters. The van der Waals surface area contributed by atoms with Crippen molar-refractivity contribution in [1.29, 1.82) is 0 Å². The van der Waals surface area contributed by atoms with Gasteiger partial charge in [-0.25, -0.2) is 19.3 Å². The molecule has 4 aromatic heterocycles. The van der Waals surface area contributed by atoms with Crippen LogP contribution in [0.3, 0.4) is 0 Å². The topological polar surface area (TPSA) is 182 Å². The van der Waals surface area contributed by atoms with Crippen molar-refractivity contribution in [1.82, 2.24) is 44.5 Å². The summed E-state index contributed by atoms with van der Waals surface area (Å²) >= 11 is 0. The summed E-state index contributed by atoms with van der Waals surface area (Å²) in [5.41, 5.74) is 5.19. The van der Waals surface area contributed by atoms with Crippen molar-refractivity contribution >= 4 is 63.6 Å². The van der Waals surface area contributed by atoms with Gasteiger partial charge in [0, 0.05) is 93.4 Å². The number of nitrogens with one attached hydrogen (secondary N) is 2. The molecule has 1 aromatic carbocycles. The molecule has 5 aromatic rings. The number of likely N-dealkylation sites (tertiary alicyclic amines) is 3. The van der Waals surface area contributed by atoms with Gasteiger partial charge >= 0.3 is 0 Å². The molecular formula is C58H69FN12O5. The molecule has 7 aliphatic rings. The van der Waals surface area contributed by atoms with Crippen LogP contribution in [0.2, 0.25) is 0 Å². The first-order valence-corrected chi connectivity index (χ1v) is 27.9. The number of carbonyl (C=O) groups is 5. The average Bonchev–Trinajstić information content (AvgIpc) is 4.20. The van der Waals surface area contributed by atoms with Crippen molar-refractivity contribution in [3.8, 4) is 11.3 Å². The summed E-state index contributed by atoms with van der Waals surface area (Å²) in [5.74, 6) is -0.105. The van der Waals surface area contributed by atoms with Gasteiger partial charge in [0.1, 0.15) is 11.3 Å². The van der Waals surface area contributed by atoms with Gasteiger partial charge in [-0.3, -0.25) is 34.3 Å². The third-order valence-corrected chi connectivity index (χ3v) is 18.3. The van der Waals surface area contributed by atoms with Gasteiger partial charge < -0.3 is 34.4 Å². The number of rotatable bonds is 11. The van der Waals surface area contributed by atoms with Gasteiger partial charge in [0.05, 0.1) is 46.7 Å². The first-order valence-electron chi connectivity index (χ1n) is 27.9. The van der Waals surface area contributed by atoms with E-state index in [-0.39, 0.29) is 71.1 Å².